The fourth-order valence-electron chi connectivity index (χ4n) is 3.42. The maximum Gasteiger partial charge on any atom is 0.335 e. The van der Waals surface area contributed by atoms with Crippen LogP contribution in [0.5, 0.6) is 0 Å². The van der Waals surface area contributed by atoms with Crippen LogP contribution in [0.25, 0.3) is 32.6 Å². The van der Waals surface area contributed by atoms with Gasteiger partial charge in [-0.3, -0.25) is 4.79 Å². The van der Waals surface area contributed by atoms with Crippen LogP contribution in [0, 0.1) is 0 Å². The highest BCUT2D eigenvalue weighted by Gasteiger charge is 2.18. The number of hydrogen-bond donors (Lipinski definition) is 2. The Morgan fingerprint density at radius 2 is 1.75 bits per heavy atom. The van der Waals surface area contributed by atoms with Crippen molar-refractivity contribution in [2.24, 2.45) is 4.99 Å². The molecule has 28 heavy (non-hydrogen) atoms. The summed E-state index contributed by atoms with van der Waals surface area (Å²) in [6.45, 7) is 0. The third-order valence-corrected chi connectivity index (χ3v) is 5.55. The molecule has 6 nitrogen and oxygen atoms in total. The number of aromatic carboxylic acids is 1. The van der Waals surface area contributed by atoms with Crippen LogP contribution in [0.15, 0.2) is 73.4 Å². The minimum Gasteiger partial charge on any atom is -0.478 e. The lowest BCUT2D eigenvalue weighted by atomic mass is 10.0. The molecule has 5 rings (SSSR count). The Labute approximate surface area is 165 Å². The average Bonchev–Trinajstić information content (AvgIpc) is 3.15. The van der Waals surface area contributed by atoms with Gasteiger partial charge < -0.3 is 9.63 Å². The number of rotatable bonds is 2. The quantitative estimate of drug-likeness (QED) is 0.398. The molecule has 0 bridgehead atoms. The highest BCUT2D eigenvalue weighted by Crippen LogP contribution is 2.32. The molecule has 0 spiro atoms. The van der Waals surface area contributed by atoms with Gasteiger partial charge in [0.15, 0.2) is 11.0 Å². The van der Waals surface area contributed by atoms with Crippen LogP contribution in [-0.4, -0.2) is 16.2 Å². The molecule has 0 radical (unpaired) electrons. The predicted molar refractivity (Wildman–Crippen MR) is 109 cm³/mol. The van der Waals surface area contributed by atoms with E-state index >= 15 is 0 Å². The first kappa shape index (κ1) is 16.7. The molecule has 5 aromatic rings. The van der Waals surface area contributed by atoms with E-state index in [1.165, 1.54) is 12.1 Å². The lowest BCUT2D eigenvalue weighted by molar-refractivity contribution is 0.0697. The average molecular weight is 435 g/mol. The summed E-state index contributed by atoms with van der Waals surface area (Å²) in [5, 5.41) is 15.0. The number of fused-ring (bicyclic) bond motifs is 2. The summed E-state index contributed by atoms with van der Waals surface area (Å²) in [6.07, 6.45) is 0. The number of nitrogens with one attached hydrogen (secondary N) is 1. The van der Waals surface area contributed by atoms with Gasteiger partial charge in [-0.15, -0.1) is 0 Å². The first-order valence-corrected chi connectivity index (χ1v) is 9.20. The normalized spacial score (nSPS) is 12.4. The summed E-state index contributed by atoms with van der Waals surface area (Å²) in [7, 11) is 0. The number of aromatic nitrogens is 1. The SMILES string of the molecule is O=C(O)c1ccc(N=c2cc3c(=O)c4ccccc4c4o[nH]c(c2Br)c34)cc1. The number of hydrogen-bond acceptors (Lipinski definition) is 4. The molecule has 0 aliphatic carbocycles. The van der Waals surface area contributed by atoms with Crippen LogP contribution >= 0.6 is 15.9 Å². The molecule has 136 valence electrons. The molecule has 1 heterocycles. The number of aromatic amines is 1. The van der Waals surface area contributed by atoms with E-state index in [1.807, 2.05) is 18.2 Å². The van der Waals surface area contributed by atoms with Crippen LogP contribution in [0.1, 0.15) is 10.4 Å². The molecular weight excluding hydrogens is 424 g/mol. The smallest absolute Gasteiger partial charge is 0.335 e. The summed E-state index contributed by atoms with van der Waals surface area (Å²) >= 11 is 3.55. The van der Waals surface area contributed by atoms with Crippen molar-refractivity contribution >= 4 is 60.2 Å². The number of carboxylic acids is 1. The van der Waals surface area contributed by atoms with E-state index in [-0.39, 0.29) is 11.0 Å². The van der Waals surface area contributed by atoms with Gasteiger partial charge >= 0.3 is 5.97 Å². The molecule has 2 N–H and O–H groups in total. The number of benzene rings is 4. The number of carboxylic acid groups (broad SMARTS) is 1. The Balaban J connectivity index is 1.85. The molecule has 0 fully saturated rings. The van der Waals surface area contributed by atoms with Crippen molar-refractivity contribution < 1.29 is 14.4 Å². The van der Waals surface area contributed by atoms with Crippen LogP contribution in [-0.2, 0) is 0 Å². The van der Waals surface area contributed by atoms with Gasteiger partial charge in [0, 0.05) is 16.2 Å². The number of H-pyrrole nitrogens is 1. The van der Waals surface area contributed by atoms with Crippen LogP contribution < -0.4 is 10.8 Å². The van der Waals surface area contributed by atoms with Crippen molar-refractivity contribution in [1.29, 1.82) is 0 Å². The van der Waals surface area contributed by atoms with E-state index in [0.717, 1.165) is 10.8 Å². The summed E-state index contributed by atoms with van der Waals surface area (Å²) in [4.78, 5) is 28.6. The second kappa shape index (κ2) is 6.03. The largest absolute Gasteiger partial charge is 0.478 e. The van der Waals surface area contributed by atoms with Gasteiger partial charge in [0.25, 0.3) is 0 Å². The standard InChI is InChI=1S/C21H11BrN2O4/c22-17-15(23-11-7-5-10(6-8-11)21(26)27)9-14-16-18(17)24-28-20(16)13-4-2-1-3-12(13)19(14)25/h1-9,24H,(H,26,27). The second-order valence-corrected chi connectivity index (χ2v) is 7.17. The number of carbonyl (C=O) groups is 1. The second-order valence-electron chi connectivity index (χ2n) is 6.38. The molecule has 7 heteroatoms. The molecule has 4 aromatic carbocycles. The third-order valence-electron chi connectivity index (χ3n) is 4.75. The third kappa shape index (κ3) is 2.36. The molecule has 0 saturated heterocycles. The van der Waals surface area contributed by atoms with Crippen molar-refractivity contribution in [3.63, 3.8) is 0 Å². The van der Waals surface area contributed by atoms with Gasteiger partial charge in [0.2, 0.25) is 0 Å². The minimum absolute atomic E-state index is 0.0897. The highest BCUT2D eigenvalue weighted by molar-refractivity contribution is 9.10. The zero-order valence-corrected chi connectivity index (χ0v) is 15.8. The summed E-state index contributed by atoms with van der Waals surface area (Å²) in [6, 6.07) is 15.3. The fourth-order valence-corrected chi connectivity index (χ4v) is 3.90. The highest BCUT2D eigenvalue weighted by atomic mass is 79.9. The van der Waals surface area contributed by atoms with E-state index in [1.54, 1.807) is 24.3 Å². The monoisotopic (exact) mass is 434 g/mol. The van der Waals surface area contributed by atoms with Crippen molar-refractivity contribution in [2.75, 3.05) is 0 Å². The molecule has 0 amide bonds. The van der Waals surface area contributed by atoms with Crippen LogP contribution in [0.2, 0.25) is 0 Å². The zero-order valence-electron chi connectivity index (χ0n) is 14.2. The Bertz CT molecular complexity index is 1510. The van der Waals surface area contributed by atoms with Crippen LogP contribution in [0.4, 0.5) is 5.69 Å². The first-order chi connectivity index (χ1) is 13.5. The van der Waals surface area contributed by atoms with Gasteiger partial charge in [0.05, 0.1) is 32.0 Å². The Morgan fingerprint density at radius 3 is 2.46 bits per heavy atom. The van der Waals surface area contributed by atoms with E-state index in [4.69, 9.17) is 9.63 Å². The van der Waals surface area contributed by atoms with Gasteiger partial charge in [-0.1, -0.05) is 24.3 Å². The van der Waals surface area contributed by atoms with Gasteiger partial charge in [-0.25, -0.2) is 14.9 Å². The summed E-state index contributed by atoms with van der Waals surface area (Å²) < 4.78 is 6.35. The zero-order chi connectivity index (χ0) is 19.4. The van der Waals surface area contributed by atoms with Crippen molar-refractivity contribution in [3.05, 3.63) is 80.2 Å². The molecule has 0 aliphatic heterocycles. The number of halogens is 1. The van der Waals surface area contributed by atoms with Crippen molar-refractivity contribution in [1.82, 2.24) is 5.16 Å². The first-order valence-electron chi connectivity index (χ1n) is 8.40. The minimum atomic E-state index is -0.997. The Hall–Kier alpha value is -3.45. The van der Waals surface area contributed by atoms with E-state index < -0.39 is 5.97 Å². The molecule has 0 unspecified atom stereocenters. The molecular formula is C21H11BrN2O4. The Morgan fingerprint density at radius 1 is 1.04 bits per heavy atom. The van der Waals surface area contributed by atoms with Crippen molar-refractivity contribution in [3.8, 4) is 0 Å². The summed E-state index contributed by atoms with van der Waals surface area (Å²) in [5.41, 5.74) is 1.94. The van der Waals surface area contributed by atoms with Gasteiger partial charge in [0.1, 0.15) is 0 Å². The van der Waals surface area contributed by atoms with Gasteiger partial charge in [-0.05, 0) is 46.3 Å². The maximum absolute atomic E-state index is 13.1. The lowest BCUT2D eigenvalue weighted by Gasteiger charge is -2.03. The molecule has 0 atom stereocenters. The van der Waals surface area contributed by atoms with E-state index in [0.29, 0.717) is 37.4 Å². The fraction of sp³-hybridized carbons (Fsp3) is 0. The molecule has 0 aliphatic rings. The topological polar surface area (TPSA) is 95.7 Å². The predicted octanol–water partition coefficient (Wildman–Crippen LogP) is 4.56. The Kier molecular flexibility index (Phi) is 3.60. The van der Waals surface area contributed by atoms with Crippen molar-refractivity contribution in [2.45, 2.75) is 0 Å². The van der Waals surface area contributed by atoms with Gasteiger partial charge in [-0.2, -0.15) is 0 Å². The molecule has 1 aromatic heterocycles. The lowest BCUT2D eigenvalue weighted by Crippen LogP contribution is -2.09. The van der Waals surface area contributed by atoms with Crippen LogP contribution in [0.3, 0.4) is 0 Å². The maximum atomic E-state index is 13.1. The van der Waals surface area contributed by atoms with E-state index in [9.17, 15) is 9.59 Å². The molecule has 0 saturated carbocycles. The summed E-state index contributed by atoms with van der Waals surface area (Å²) in [5.74, 6) is -0.997. The number of nitrogens with zero attached hydrogens (tertiary/aromatic N) is 1. The van der Waals surface area contributed by atoms with E-state index in [2.05, 4.69) is 26.1 Å².